The fraction of sp³-hybridized carbons (Fsp3) is 0.250. The molecule has 3 rings (SSSR count). The van der Waals surface area contributed by atoms with Crippen molar-refractivity contribution in [2.45, 2.75) is 19.4 Å². The van der Waals surface area contributed by atoms with E-state index in [0.717, 1.165) is 19.4 Å². The van der Waals surface area contributed by atoms with Crippen molar-refractivity contribution in [3.63, 3.8) is 0 Å². The van der Waals surface area contributed by atoms with E-state index in [4.69, 9.17) is 5.73 Å². The van der Waals surface area contributed by atoms with Gasteiger partial charge in [-0.3, -0.25) is 0 Å². The Morgan fingerprint density at radius 1 is 1.24 bits per heavy atom. The van der Waals surface area contributed by atoms with Crippen molar-refractivity contribution in [1.82, 2.24) is 4.98 Å². The van der Waals surface area contributed by atoms with Gasteiger partial charge in [0.2, 0.25) is 0 Å². The third-order valence-corrected chi connectivity index (χ3v) is 3.85. The number of anilines is 2. The minimum atomic E-state index is -1.02. The fourth-order valence-electron chi connectivity index (χ4n) is 2.78. The molecule has 1 aromatic carbocycles. The van der Waals surface area contributed by atoms with Crippen LogP contribution in [0.4, 0.5) is 11.5 Å². The van der Waals surface area contributed by atoms with Crippen molar-refractivity contribution < 1.29 is 9.90 Å². The summed E-state index contributed by atoms with van der Waals surface area (Å²) >= 11 is 0. The highest BCUT2D eigenvalue weighted by Gasteiger charge is 2.20. The first-order valence-electron chi connectivity index (χ1n) is 6.96. The number of carbonyl (C=O) groups is 1. The summed E-state index contributed by atoms with van der Waals surface area (Å²) in [6.45, 7) is 1.52. The standard InChI is InChI=1S/C16H17N3O2/c17-14-13(16(20)21)7-8-18-15(14)19-9-3-6-11-4-1-2-5-12(11)10-19/h1-2,4-5,7-8H,3,6,9-10,17H2,(H,20,21). The van der Waals surface area contributed by atoms with Gasteiger partial charge >= 0.3 is 5.97 Å². The number of pyridine rings is 1. The van der Waals surface area contributed by atoms with Gasteiger partial charge in [0, 0.05) is 19.3 Å². The molecule has 0 amide bonds. The van der Waals surface area contributed by atoms with Crippen LogP contribution in [0, 0.1) is 0 Å². The van der Waals surface area contributed by atoms with Gasteiger partial charge in [0.05, 0.1) is 11.3 Å². The highest BCUT2D eigenvalue weighted by Crippen LogP contribution is 2.28. The van der Waals surface area contributed by atoms with E-state index in [1.54, 1.807) is 0 Å². The summed E-state index contributed by atoms with van der Waals surface area (Å²) in [7, 11) is 0. The topological polar surface area (TPSA) is 79.5 Å². The number of nitrogens with two attached hydrogens (primary N) is 1. The lowest BCUT2D eigenvalue weighted by Crippen LogP contribution is -2.25. The summed E-state index contributed by atoms with van der Waals surface area (Å²) in [6, 6.07) is 9.75. The molecule has 108 valence electrons. The molecule has 5 nitrogen and oxygen atoms in total. The Kier molecular flexibility index (Phi) is 3.48. The molecule has 1 aliphatic heterocycles. The molecule has 2 aromatic rings. The van der Waals surface area contributed by atoms with Gasteiger partial charge in [-0.05, 0) is 30.0 Å². The number of aryl methyl sites for hydroxylation is 1. The molecule has 5 heteroatoms. The van der Waals surface area contributed by atoms with Gasteiger partial charge in [-0.25, -0.2) is 9.78 Å². The number of aromatic carboxylic acids is 1. The van der Waals surface area contributed by atoms with Crippen LogP contribution in [-0.4, -0.2) is 22.6 Å². The first-order valence-corrected chi connectivity index (χ1v) is 6.96. The summed E-state index contributed by atoms with van der Waals surface area (Å²) in [5.74, 6) is -0.460. The minimum absolute atomic E-state index is 0.109. The van der Waals surface area contributed by atoms with Gasteiger partial charge in [-0.1, -0.05) is 24.3 Å². The molecular weight excluding hydrogens is 266 g/mol. The molecule has 0 fully saturated rings. The average molecular weight is 283 g/mol. The van der Waals surface area contributed by atoms with Crippen molar-refractivity contribution in [2.24, 2.45) is 0 Å². The lowest BCUT2D eigenvalue weighted by Gasteiger charge is -2.24. The number of hydrogen-bond acceptors (Lipinski definition) is 4. The quantitative estimate of drug-likeness (QED) is 0.884. The molecule has 1 aliphatic rings. The van der Waals surface area contributed by atoms with Crippen molar-refractivity contribution in [1.29, 1.82) is 0 Å². The smallest absolute Gasteiger partial charge is 0.337 e. The number of rotatable bonds is 2. The first-order chi connectivity index (χ1) is 10.2. The fourth-order valence-corrected chi connectivity index (χ4v) is 2.78. The molecule has 0 aliphatic carbocycles. The second kappa shape index (κ2) is 5.44. The van der Waals surface area contributed by atoms with Crippen LogP contribution in [0.15, 0.2) is 36.5 Å². The zero-order valence-electron chi connectivity index (χ0n) is 11.6. The zero-order valence-corrected chi connectivity index (χ0v) is 11.6. The van der Waals surface area contributed by atoms with Crippen molar-refractivity contribution in [3.8, 4) is 0 Å². The molecule has 1 aromatic heterocycles. The van der Waals surface area contributed by atoms with E-state index in [-0.39, 0.29) is 11.3 Å². The van der Waals surface area contributed by atoms with Gasteiger partial charge < -0.3 is 15.7 Å². The summed E-state index contributed by atoms with van der Waals surface area (Å²) in [5, 5.41) is 9.18. The number of nitrogen functional groups attached to an aromatic ring is 1. The average Bonchev–Trinajstić information content (AvgIpc) is 2.69. The zero-order chi connectivity index (χ0) is 14.8. The van der Waals surface area contributed by atoms with E-state index in [1.807, 2.05) is 12.1 Å². The van der Waals surface area contributed by atoms with Gasteiger partial charge in [-0.15, -0.1) is 0 Å². The normalized spacial score (nSPS) is 14.4. The summed E-state index contributed by atoms with van der Waals surface area (Å²) < 4.78 is 0. The Labute approximate surface area is 123 Å². The largest absolute Gasteiger partial charge is 0.478 e. The number of benzene rings is 1. The number of fused-ring (bicyclic) bond motifs is 1. The van der Waals surface area contributed by atoms with Gasteiger partial charge in [0.1, 0.15) is 0 Å². The van der Waals surface area contributed by atoms with Gasteiger partial charge in [0.25, 0.3) is 0 Å². The monoisotopic (exact) mass is 283 g/mol. The van der Waals surface area contributed by atoms with E-state index in [9.17, 15) is 9.90 Å². The number of carboxylic acids is 1. The van der Waals surface area contributed by atoms with E-state index in [1.165, 1.54) is 23.4 Å². The third-order valence-electron chi connectivity index (χ3n) is 3.85. The summed E-state index contributed by atoms with van der Waals surface area (Å²) in [4.78, 5) is 17.6. The van der Waals surface area contributed by atoms with Crippen LogP contribution >= 0.6 is 0 Å². The number of nitrogens with zero attached hydrogens (tertiary/aromatic N) is 2. The molecule has 21 heavy (non-hydrogen) atoms. The Balaban J connectivity index is 1.98. The maximum absolute atomic E-state index is 11.2. The van der Waals surface area contributed by atoms with Crippen LogP contribution in [0.1, 0.15) is 27.9 Å². The molecule has 0 saturated heterocycles. The lowest BCUT2D eigenvalue weighted by atomic mass is 10.0. The number of aromatic nitrogens is 1. The maximum Gasteiger partial charge on any atom is 0.337 e. The second-order valence-corrected chi connectivity index (χ2v) is 5.19. The summed E-state index contributed by atoms with van der Waals surface area (Å²) in [5.41, 5.74) is 8.94. The Bertz CT molecular complexity index is 685. The molecule has 2 heterocycles. The van der Waals surface area contributed by atoms with Crippen LogP contribution in [0.2, 0.25) is 0 Å². The van der Waals surface area contributed by atoms with Crippen LogP contribution in [0.25, 0.3) is 0 Å². The van der Waals surface area contributed by atoms with E-state index in [2.05, 4.69) is 22.0 Å². The molecule has 0 saturated carbocycles. The molecule has 0 atom stereocenters. The first kappa shape index (κ1) is 13.4. The Morgan fingerprint density at radius 2 is 2.00 bits per heavy atom. The second-order valence-electron chi connectivity index (χ2n) is 5.19. The SMILES string of the molecule is Nc1c(C(=O)O)ccnc1N1CCCc2ccccc2C1. The molecule has 0 radical (unpaired) electrons. The maximum atomic E-state index is 11.2. The molecule has 0 unspecified atom stereocenters. The molecule has 3 N–H and O–H groups in total. The lowest BCUT2D eigenvalue weighted by molar-refractivity contribution is 0.0698. The third kappa shape index (κ3) is 2.54. The van der Waals surface area contributed by atoms with Gasteiger partial charge in [-0.2, -0.15) is 0 Å². The van der Waals surface area contributed by atoms with E-state index in [0.29, 0.717) is 12.4 Å². The Hall–Kier alpha value is -2.56. The van der Waals surface area contributed by atoms with E-state index < -0.39 is 5.97 Å². The predicted octanol–water partition coefficient (Wildman–Crippen LogP) is 2.31. The van der Waals surface area contributed by atoms with Crippen LogP contribution in [-0.2, 0) is 13.0 Å². The highest BCUT2D eigenvalue weighted by atomic mass is 16.4. The highest BCUT2D eigenvalue weighted by molar-refractivity contribution is 5.96. The van der Waals surface area contributed by atoms with Crippen molar-refractivity contribution in [2.75, 3.05) is 17.2 Å². The molecule has 0 spiro atoms. The predicted molar refractivity (Wildman–Crippen MR) is 81.4 cm³/mol. The van der Waals surface area contributed by atoms with Crippen LogP contribution < -0.4 is 10.6 Å². The van der Waals surface area contributed by atoms with Crippen LogP contribution in [0.3, 0.4) is 0 Å². The Morgan fingerprint density at radius 3 is 2.76 bits per heavy atom. The number of carboxylic acid groups (broad SMARTS) is 1. The van der Waals surface area contributed by atoms with Gasteiger partial charge in [0.15, 0.2) is 5.82 Å². The summed E-state index contributed by atoms with van der Waals surface area (Å²) in [6.07, 6.45) is 3.52. The van der Waals surface area contributed by atoms with Crippen molar-refractivity contribution in [3.05, 3.63) is 53.2 Å². The minimum Gasteiger partial charge on any atom is -0.478 e. The van der Waals surface area contributed by atoms with Crippen LogP contribution in [0.5, 0.6) is 0 Å². The molecule has 0 bridgehead atoms. The van der Waals surface area contributed by atoms with Crippen molar-refractivity contribution >= 4 is 17.5 Å². The molecular formula is C16H17N3O2. The number of hydrogen-bond donors (Lipinski definition) is 2. The van der Waals surface area contributed by atoms with E-state index >= 15 is 0 Å².